The maximum Gasteiger partial charge on any atom is 0.396 e. The van der Waals surface area contributed by atoms with Crippen LogP contribution in [-0.4, -0.2) is 37.5 Å². The van der Waals surface area contributed by atoms with Crippen molar-refractivity contribution < 1.29 is 19.1 Å². The highest BCUT2D eigenvalue weighted by Crippen LogP contribution is 2.13. The lowest BCUT2D eigenvalue weighted by Crippen LogP contribution is -2.33. The Morgan fingerprint density at radius 1 is 1.22 bits per heavy atom. The van der Waals surface area contributed by atoms with Gasteiger partial charge in [0.1, 0.15) is 5.75 Å². The molecular weight excluding hydrogens is 234 g/mol. The molecular formula is C13H17NO4. The van der Waals surface area contributed by atoms with Crippen LogP contribution in [0.4, 0.5) is 0 Å². The molecule has 0 heterocycles. The molecule has 0 unspecified atom stereocenters. The number of nitrogens with zero attached hydrogens (tertiary/aromatic N) is 1. The first-order chi connectivity index (χ1) is 8.58. The van der Waals surface area contributed by atoms with E-state index in [0.717, 1.165) is 11.3 Å². The predicted molar refractivity (Wildman–Crippen MR) is 66.1 cm³/mol. The van der Waals surface area contributed by atoms with E-state index in [-0.39, 0.29) is 0 Å². The first-order valence-electron chi connectivity index (χ1n) is 5.63. The lowest BCUT2D eigenvalue weighted by atomic mass is 10.2. The Morgan fingerprint density at radius 3 is 2.33 bits per heavy atom. The Bertz CT molecular complexity index is 414. The fourth-order valence-corrected chi connectivity index (χ4v) is 1.45. The van der Waals surface area contributed by atoms with Gasteiger partial charge in [-0.2, -0.15) is 0 Å². The molecule has 0 spiro atoms. The minimum absolute atomic E-state index is 0.348. The number of esters is 1. The molecule has 0 aliphatic heterocycles. The van der Waals surface area contributed by atoms with E-state index in [9.17, 15) is 9.59 Å². The first-order valence-corrected chi connectivity index (χ1v) is 5.63. The minimum Gasteiger partial charge on any atom is -0.494 e. The summed E-state index contributed by atoms with van der Waals surface area (Å²) in [5.74, 6) is -0.738. The summed E-state index contributed by atoms with van der Waals surface area (Å²) >= 11 is 0. The van der Waals surface area contributed by atoms with E-state index in [1.165, 1.54) is 12.0 Å². The molecule has 1 aromatic carbocycles. The molecule has 5 heteroatoms. The van der Waals surface area contributed by atoms with Gasteiger partial charge in [-0.05, 0) is 24.6 Å². The van der Waals surface area contributed by atoms with Crippen molar-refractivity contribution in [1.29, 1.82) is 0 Å². The average Bonchev–Trinajstić information content (AvgIpc) is 2.39. The molecule has 1 amide bonds. The van der Waals surface area contributed by atoms with Gasteiger partial charge in [-0.1, -0.05) is 12.1 Å². The summed E-state index contributed by atoms with van der Waals surface area (Å²) in [5.41, 5.74) is 0.915. The maximum atomic E-state index is 11.5. The second kappa shape index (κ2) is 6.64. The normalized spacial score (nSPS) is 9.72. The number of amides is 1. The van der Waals surface area contributed by atoms with Crippen molar-refractivity contribution in [1.82, 2.24) is 4.90 Å². The van der Waals surface area contributed by atoms with E-state index < -0.39 is 11.9 Å². The van der Waals surface area contributed by atoms with Gasteiger partial charge < -0.3 is 14.4 Å². The van der Waals surface area contributed by atoms with E-state index >= 15 is 0 Å². The number of hydrogen-bond donors (Lipinski definition) is 0. The monoisotopic (exact) mass is 251 g/mol. The van der Waals surface area contributed by atoms with Crippen LogP contribution in [0.25, 0.3) is 0 Å². The zero-order chi connectivity index (χ0) is 13.5. The number of rotatable bonds is 4. The third-order valence-corrected chi connectivity index (χ3v) is 2.36. The Labute approximate surface area is 106 Å². The molecule has 1 aromatic rings. The van der Waals surface area contributed by atoms with E-state index in [4.69, 9.17) is 4.74 Å². The largest absolute Gasteiger partial charge is 0.494 e. The molecule has 5 nitrogen and oxygen atoms in total. The summed E-state index contributed by atoms with van der Waals surface area (Å²) in [6, 6.07) is 7.36. The molecule has 0 saturated carbocycles. The molecule has 0 atom stereocenters. The van der Waals surface area contributed by atoms with E-state index in [2.05, 4.69) is 4.74 Å². The highest BCUT2D eigenvalue weighted by atomic mass is 16.5. The van der Waals surface area contributed by atoms with Gasteiger partial charge in [0.2, 0.25) is 0 Å². The van der Waals surface area contributed by atoms with Crippen molar-refractivity contribution in [2.75, 3.05) is 20.8 Å². The van der Waals surface area contributed by atoms with Gasteiger partial charge in [0, 0.05) is 13.6 Å². The molecule has 0 aliphatic rings. The molecule has 0 fully saturated rings. The second-order valence-electron chi connectivity index (χ2n) is 3.73. The van der Waals surface area contributed by atoms with Crippen molar-refractivity contribution in [2.45, 2.75) is 13.5 Å². The van der Waals surface area contributed by atoms with E-state index in [0.29, 0.717) is 13.2 Å². The van der Waals surface area contributed by atoms with Crippen molar-refractivity contribution in [3.05, 3.63) is 29.8 Å². The smallest absolute Gasteiger partial charge is 0.396 e. The SMILES string of the molecule is CCOc1ccc(CN(C)C(=O)C(=O)OC)cc1. The molecule has 0 radical (unpaired) electrons. The second-order valence-corrected chi connectivity index (χ2v) is 3.73. The van der Waals surface area contributed by atoms with Gasteiger partial charge in [-0.3, -0.25) is 4.79 Å². The fraction of sp³-hybridized carbons (Fsp3) is 0.385. The van der Waals surface area contributed by atoms with Crippen molar-refractivity contribution in [3.63, 3.8) is 0 Å². The fourth-order valence-electron chi connectivity index (χ4n) is 1.45. The molecule has 98 valence electrons. The highest BCUT2D eigenvalue weighted by molar-refractivity contribution is 6.32. The molecule has 0 saturated heterocycles. The van der Waals surface area contributed by atoms with Gasteiger partial charge in [-0.15, -0.1) is 0 Å². The van der Waals surface area contributed by atoms with Crippen LogP contribution < -0.4 is 4.74 Å². The zero-order valence-corrected chi connectivity index (χ0v) is 10.8. The Morgan fingerprint density at radius 2 is 1.83 bits per heavy atom. The zero-order valence-electron chi connectivity index (χ0n) is 10.8. The van der Waals surface area contributed by atoms with Crippen molar-refractivity contribution >= 4 is 11.9 Å². The number of likely N-dealkylation sites (N-methyl/N-ethyl adjacent to an activating group) is 1. The van der Waals surface area contributed by atoms with Crippen LogP contribution in [0.2, 0.25) is 0 Å². The molecule has 0 N–H and O–H groups in total. The first kappa shape index (κ1) is 14.0. The lowest BCUT2D eigenvalue weighted by Gasteiger charge is -2.15. The molecule has 18 heavy (non-hydrogen) atoms. The number of carbonyl (C=O) groups excluding carboxylic acids is 2. The maximum absolute atomic E-state index is 11.5. The quantitative estimate of drug-likeness (QED) is 0.596. The minimum atomic E-state index is -0.858. The van der Waals surface area contributed by atoms with Crippen LogP contribution in [0.1, 0.15) is 12.5 Å². The Hall–Kier alpha value is -2.04. The van der Waals surface area contributed by atoms with Gasteiger partial charge >= 0.3 is 11.9 Å². The van der Waals surface area contributed by atoms with Gasteiger partial charge in [0.15, 0.2) is 0 Å². The van der Waals surface area contributed by atoms with Crippen LogP contribution in [-0.2, 0) is 20.9 Å². The molecule has 1 rings (SSSR count). The number of benzene rings is 1. The van der Waals surface area contributed by atoms with Crippen LogP contribution in [0.3, 0.4) is 0 Å². The van der Waals surface area contributed by atoms with Gasteiger partial charge in [0.25, 0.3) is 0 Å². The topological polar surface area (TPSA) is 55.8 Å². The summed E-state index contributed by atoms with van der Waals surface area (Å²) in [7, 11) is 2.74. The van der Waals surface area contributed by atoms with Crippen LogP contribution in [0.15, 0.2) is 24.3 Å². The lowest BCUT2D eigenvalue weighted by molar-refractivity contribution is -0.157. The third kappa shape index (κ3) is 3.76. The van der Waals surface area contributed by atoms with Crippen LogP contribution >= 0.6 is 0 Å². The van der Waals surface area contributed by atoms with Crippen molar-refractivity contribution in [3.8, 4) is 5.75 Å². The number of hydrogen-bond acceptors (Lipinski definition) is 4. The molecule has 0 bridgehead atoms. The van der Waals surface area contributed by atoms with Gasteiger partial charge in [-0.25, -0.2) is 4.79 Å². The average molecular weight is 251 g/mol. The van der Waals surface area contributed by atoms with E-state index in [1.807, 2.05) is 31.2 Å². The predicted octanol–water partition coefficient (Wildman–Crippen LogP) is 1.22. The van der Waals surface area contributed by atoms with Gasteiger partial charge in [0.05, 0.1) is 13.7 Å². The molecule has 0 aliphatic carbocycles. The standard InChI is InChI=1S/C13H17NO4/c1-4-18-11-7-5-10(6-8-11)9-14(2)12(15)13(16)17-3/h5-8H,4,9H2,1-3H3. The molecule has 0 aromatic heterocycles. The van der Waals surface area contributed by atoms with Crippen molar-refractivity contribution in [2.24, 2.45) is 0 Å². The van der Waals surface area contributed by atoms with Crippen LogP contribution in [0, 0.1) is 0 Å². The third-order valence-electron chi connectivity index (χ3n) is 2.36. The number of ether oxygens (including phenoxy) is 2. The Balaban J connectivity index is 2.61. The summed E-state index contributed by atoms with van der Waals surface area (Å²) < 4.78 is 9.69. The summed E-state index contributed by atoms with van der Waals surface area (Å²) in [5, 5.41) is 0. The summed E-state index contributed by atoms with van der Waals surface area (Å²) in [6.07, 6.45) is 0. The number of methoxy groups -OCH3 is 1. The van der Waals surface area contributed by atoms with E-state index in [1.54, 1.807) is 7.05 Å². The highest BCUT2D eigenvalue weighted by Gasteiger charge is 2.18. The summed E-state index contributed by atoms with van der Waals surface area (Å²) in [4.78, 5) is 23.8. The number of carbonyl (C=O) groups is 2. The summed E-state index contributed by atoms with van der Waals surface area (Å²) in [6.45, 7) is 2.87. The van der Waals surface area contributed by atoms with Crippen LogP contribution in [0.5, 0.6) is 5.75 Å². The Kier molecular flexibility index (Phi) is 5.17.